The highest BCUT2D eigenvalue weighted by Crippen LogP contribution is 2.29. The Kier molecular flexibility index (Phi) is 12.4. The molecule has 2 unspecified atom stereocenters. The maximum absolute atomic E-state index is 13.8. The van der Waals surface area contributed by atoms with E-state index in [0.717, 1.165) is 24.0 Å². The van der Waals surface area contributed by atoms with Gasteiger partial charge in [-0.05, 0) is 64.2 Å². The van der Waals surface area contributed by atoms with Gasteiger partial charge in [0.2, 0.25) is 17.7 Å². The summed E-state index contributed by atoms with van der Waals surface area (Å²) in [7, 11) is 0. The first-order chi connectivity index (χ1) is 16.8. The van der Waals surface area contributed by atoms with E-state index in [1.807, 2.05) is 39.0 Å². The van der Waals surface area contributed by atoms with Crippen LogP contribution in [-0.2, 0) is 19.1 Å². The number of aliphatic hydroxyl groups excluding tert-OH is 1. The lowest BCUT2D eigenvalue weighted by Gasteiger charge is -2.35. The molecule has 0 spiro atoms. The Morgan fingerprint density at radius 1 is 1.14 bits per heavy atom. The van der Waals surface area contributed by atoms with Gasteiger partial charge in [0.25, 0.3) is 0 Å². The lowest BCUT2D eigenvalue weighted by atomic mass is 9.93. The molecular weight excluding hydrogens is 464 g/mol. The Morgan fingerprint density at radius 3 is 2.25 bits per heavy atom. The third-order valence-electron chi connectivity index (χ3n) is 5.50. The molecule has 5 N–H and O–H groups in total. The predicted octanol–water partition coefficient (Wildman–Crippen LogP) is 2.24. The molecule has 202 valence electrons. The molecule has 10 nitrogen and oxygen atoms in total. The van der Waals surface area contributed by atoms with E-state index >= 15 is 0 Å². The molecule has 0 radical (unpaired) electrons. The predicted molar refractivity (Wildman–Crippen MR) is 137 cm³/mol. The van der Waals surface area contributed by atoms with Gasteiger partial charge in [-0.2, -0.15) is 0 Å². The van der Waals surface area contributed by atoms with Crippen LogP contribution in [0, 0.1) is 13.8 Å². The molecule has 10 heteroatoms. The first kappa shape index (κ1) is 30.9. The van der Waals surface area contributed by atoms with Gasteiger partial charge in [-0.3, -0.25) is 14.4 Å². The van der Waals surface area contributed by atoms with Crippen LogP contribution in [0.25, 0.3) is 0 Å². The van der Waals surface area contributed by atoms with E-state index in [1.165, 1.54) is 4.90 Å². The van der Waals surface area contributed by atoms with E-state index in [1.54, 1.807) is 20.8 Å². The van der Waals surface area contributed by atoms with Gasteiger partial charge in [-0.15, -0.1) is 0 Å². The average Bonchev–Trinajstić information content (AvgIpc) is 2.76. The quantitative estimate of drug-likeness (QED) is 0.301. The Bertz CT molecular complexity index is 892. The first-order valence-electron chi connectivity index (χ1n) is 12.3. The third kappa shape index (κ3) is 9.85. The molecule has 0 heterocycles. The van der Waals surface area contributed by atoms with Crippen molar-refractivity contribution >= 4 is 23.8 Å². The number of benzene rings is 1. The van der Waals surface area contributed by atoms with E-state index in [-0.39, 0.29) is 19.4 Å². The van der Waals surface area contributed by atoms with Crippen LogP contribution in [-0.4, -0.2) is 65.2 Å². The molecule has 1 rings (SSSR count). The number of alkyl carbamates (subject to hydrolysis) is 1. The fourth-order valence-corrected chi connectivity index (χ4v) is 3.84. The van der Waals surface area contributed by atoms with Crippen LogP contribution in [0.4, 0.5) is 4.79 Å². The van der Waals surface area contributed by atoms with Crippen molar-refractivity contribution in [1.82, 2.24) is 15.5 Å². The SMILES string of the molecule is CCCCNC(=O)C(c1c(C)cccc1C)N(CCO)C(=O)C(CCC(N)=O)NC(=O)OC(C)(C)C. The fraction of sp³-hybridized carbons (Fsp3) is 0.615. The van der Waals surface area contributed by atoms with Crippen molar-refractivity contribution in [1.29, 1.82) is 0 Å². The summed E-state index contributed by atoms with van der Waals surface area (Å²) in [5.41, 5.74) is 6.73. The van der Waals surface area contributed by atoms with E-state index < -0.39 is 48.1 Å². The summed E-state index contributed by atoms with van der Waals surface area (Å²) in [5, 5.41) is 15.3. The summed E-state index contributed by atoms with van der Waals surface area (Å²) >= 11 is 0. The number of carbonyl (C=O) groups is 4. The summed E-state index contributed by atoms with van der Waals surface area (Å²) in [5.74, 6) is -1.67. The zero-order valence-corrected chi connectivity index (χ0v) is 22.3. The van der Waals surface area contributed by atoms with Gasteiger partial charge in [0.15, 0.2) is 0 Å². The van der Waals surface area contributed by atoms with Crippen LogP contribution >= 0.6 is 0 Å². The summed E-state index contributed by atoms with van der Waals surface area (Å²) in [6, 6.07) is 3.30. The molecule has 36 heavy (non-hydrogen) atoms. The highest BCUT2D eigenvalue weighted by Gasteiger charge is 2.37. The maximum Gasteiger partial charge on any atom is 0.408 e. The van der Waals surface area contributed by atoms with Gasteiger partial charge < -0.3 is 31.1 Å². The molecule has 1 aromatic rings. The van der Waals surface area contributed by atoms with E-state index in [4.69, 9.17) is 10.5 Å². The van der Waals surface area contributed by atoms with Crippen LogP contribution < -0.4 is 16.4 Å². The Morgan fingerprint density at radius 2 is 1.75 bits per heavy atom. The van der Waals surface area contributed by atoms with Crippen molar-refractivity contribution in [2.24, 2.45) is 5.73 Å². The monoisotopic (exact) mass is 506 g/mol. The first-order valence-corrected chi connectivity index (χ1v) is 12.3. The van der Waals surface area contributed by atoms with E-state index in [9.17, 15) is 24.3 Å². The number of aryl methyl sites for hydroxylation is 2. The van der Waals surface area contributed by atoms with Crippen LogP contribution in [0.15, 0.2) is 18.2 Å². The normalized spacial score (nSPS) is 12.9. The summed E-state index contributed by atoms with van der Waals surface area (Å²) < 4.78 is 5.30. The minimum atomic E-state index is -1.20. The Hall–Kier alpha value is -3.14. The van der Waals surface area contributed by atoms with Crippen molar-refractivity contribution in [2.75, 3.05) is 19.7 Å². The number of unbranched alkanes of at least 4 members (excludes halogenated alkanes) is 1. The van der Waals surface area contributed by atoms with Gasteiger partial charge >= 0.3 is 6.09 Å². The molecule has 0 fully saturated rings. The second-order valence-electron chi connectivity index (χ2n) is 9.81. The number of carbonyl (C=O) groups excluding carboxylic acids is 4. The number of hydrogen-bond acceptors (Lipinski definition) is 6. The number of primary amides is 1. The summed E-state index contributed by atoms with van der Waals surface area (Å²) in [4.78, 5) is 52.5. The van der Waals surface area contributed by atoms with Crippen molar-refractivity contribution in [3.8, 4) is 0 Å². The second kappa shape index (κ2) is 14.4. The largest absolute Gasteiger partial charge is 0.444 e. The Balaban J connectivity index is 3.49. The fourth-order valence-electron chi connectivity index (χ4n) is 3.84. The second-order valence-corrected chi connectivity index (χ2v) is 9.81. The molecule has 0 aliphatic carbocycles. The topological polar surface area (TPSA) is 151 Å². The van der Waals surface area contributed by atoms with Crippen LogP contribution in [0.2, 0.25) is 0 Å². The van der Waals surface area contributed by atoms with Gasteiger partial charge in [0, 0.05) is 19.5 Å². The molecule has 0 aromatic heterocycles. The average molecular weight is 507 g/mol. The van der Waals surface area contributed by atoms with Crippen LogP contribution in [0.1, 0.15) is 76.1 Å². The van der Waals surface area contributed by atoms with Gasteiger partial charge in [0.1, 0.15) is 17.7 Å². The molecule has 4 amide bonds. The molecule has 0 aliphatic rings. The van der Waals surface area contributed by atoms with Gasteiger partial charge in [0.05, 0.1) is 6.61 Å². The van der Waals surface area contributed by atoms with Gasteiger partial charge in [-0.1, -0.05) is 31.5 Å². The van der Waals surface area contributed by atoms with E-state index in [0.29, 0.717) is 12.1 Å². The maximum atomic E-state index is 13.8. The lowest BCUT2D eigenvalue weighted by molar-refractivity contribution is -0.143. The van der Waals surface area contributed by atoms with Crippen molar-refractivity contribution in [3.05, 3.63) is 34.9 Å². The van der Waals surface area contributed by atoms with Gasteiger partial charge in [-0.25, -0.2) is 4.79 Å². The number of hydrogen-bond donors (Lipinski definition) is 4. The van der Waals surface area contributed by atoms with Crippen molar-refractivity contribution < 1.29 is 29.0 Å². The van der Waals surface area contributed by atoms with E-state index in [2.05, 4.69) is 10.6 Å². The molecule has 0 saturated carbocycles. The van der Waals surface area contributed by atoms with Crippen LogP contribution in [0.5, 0.6) is 0 Å². The van der Waals surface area contributed by atoms with Crippen molar-refractivity contribution in [2.45, 2.75) is 84.9 Å². The number of rotatable bonds is 13. The Labute approximate surface area is 213 Å². The standard InChI is InChI=1S/C26H42N4O6/c1-7-8-14-28-23(33)22(21-17(2)10-9-11-18(21)3)30(15-16-31)24(34)19(12-13-20(27)32)29-25(35)36-26(4,5)6/h9-11,19,22,31H,7-8,12-16H2,1-6H3,(H2,27,32)(H,28,33)(H,29,35). The summed E-state index contributed by atoms with van der Waals surface area (Å²) in [6.45, 7) is 10.6. The highest BCUT2D eigenvalue weighted by molar-refractivity contribution is 5.93. The number of nitrogens with two attached hydrogens (primary N) is 1. The number of amides is 4. The number of nitrogens with zero attached hydrogens (tertiary/aromatic N) is 1. The molecule has 2 atom stereocenters. The lowest BCUT2D eigenvalue weighted by Crippen LogP contribution is -2.54. The molecule has 0 bridgehead atoms. The number of aliphatic hydroxyl groups is 1. The highest BCUT2D eigenvalue weighted by atomic mass is 16.6. The number of nitrogens with one attached hydrogen (secondary N) is 2. The molecular formula is C26H42N4O6. The summed E-state index contributed by atoms with van der Waals surface area (Å²) in [6.07, 6.45) is 0.538. The van der Waals surface area contributed by atoms with Crippen molar-refractivity contribution in [3.63, 3.8) is 0 Å². The molecule has 0 saturated heterocycles. The number of ether oxygens (including phenoxy) is 1. The smallest absolute Gasteiger partial charge is 0.408 e. The zero-order chi connectivity index (χ0) is 27.5. The minimum absolute atomic E-state index is 0.0910. The molecule has 1 aromatic carbocycles. The third-order valence-corrected chi connectivity index (χ3v) is 5.50. The molecule has 0 aliphatic heterocycles. The zero-order valence-electron chi connectivity index (χ0n) is 22.3. The van der Waals surface area contributed by atoms with Crippen LogP contribution in [0.3, 0.4) is 0 Å². The minimum Gasteiger partial charge on any atom is -0.444 e.